The molecule has 1 unspecified atom stereocenters. The Kier molecular flexibility index (Phi) is 5.18. The number of hydrogen-bond acceptors (Lipinski definition) is 5. The van der Waals surface area contributed by atoms with E-state index in [0.29, 0.717) is 11.1 Å². The lowest BCUT2D eigenvalue weighted by atomic mass is 9.93. The maximum atomic E-state index is 13.1. The third kappa shape index (κ3) is 3.50. The molecule has 1 aliphatic heterocycles. The van der Waals surface area contributed by atoms with E-state index < -0.39 is 17.7 Å². The number of Topliss-reactive ketones (excluding diaryl/α,β-unsaturated/α-hetero) is 1. The van der Waals surface area contributed by atoms with Crippen molar-refractivity contribution in [2.45, 2.75) is 26.4 Å². The lowest BCUT2D eigenvalue weighted by Gasteiger charge is -2.25. The fourth-order valence-electron chi connectivity index (χ4n) is 3.75. The Bertz CT molecular complexity index is 1150. The molecule has 2 N–H and O–H groups in total. The molecular formula is C24H21NO4S. The molecule has 1 aromatic heterocycles. The minimum Gasteiger partial charge on any atom is -0.508 e. The Morgan fingerprint density at radius 1 is 1.07 bits per heavy atom. The topological polar surface area (TPSA) is 77.8 Å². The maximum Gasteiger partial charge on any atom is 0.295 e. The van der Waals surface area contributed by atoms with Crippen LogP contribution in [0.4, 0.5) is 0 Å². The summed E-state index contributed by atoms with van der Waals surface area (Å²) in [6, 6.07) is 15.0. The predicted octanol–water partition coefficient (Wildman–Crippen LogP) is 4.69. The molecule has 0 radical (unpaired) electrons. The van der Waals surface area contributed by atoms with E-state index in [4.69, 9.17) is 0 Å². The van der Waals surface area contributed by atoms with E-state index in [2.05, 4.69) is 0 Å². The predicted molar refractivity (Wildman–Crippen MR) is 116 cm³/mol. The molecule has 1 saturated heterocycles. The molecule has 0 saturated carbocycles. The number of carbonyl (C=O) groups is 2. The number of phenolic OH excluding ortho intramolecular Hbond substituents is 1. The summed E-state index contributed by atoms with van der Waals surface area (Å²) in [5.41, 5.74) is 3.00. The number of aryl methyl sites for hydroxylation is 2. The monoisotopic (exact) mass is 419 g/mol. The van der Waals surface area contributed by atoms with Gasteiger partial charge in [0.15, 0.2) is 0 Å². The molecule has 152 valence electrons. The minimum absolute atomic E-state index is 0.0657. The summed E-state index contributed by atoms with van der Waals surface area (Å²) in [6.07, 6.45) is 0. The molecule has 0 bridgehead atoms. The summed E-state index contributed by atoms with van der Waals surface area (Å²) in [7, 11) is 0. The van der Waals surface area contributed by atoms with Crippen molar-refractivity contribution in [3.8, 4) is 5.75 Å². The molecule has 6 heteroatoms. The molecule has 0 spiro atoms. The summed E-state index contributed by atoms with van der Waals surface area (Å²) in [4.78, 5) is 28.4. The molecule has 1 aliphatic rings. The Hall–Kier alpha value is -3.38. The highest BCUT2D eigenvalue weighted by atomic mass is 32.1. The molecule has 0 aliphatic carbocycles. The van der Waals surface area contributed by atoms with Gasteiger partial charge < -0.3 is 15.1 Å². The van der Waals surface area contributed by atoms with Crippen LogP contribution in [-0.4, -0.2) is 26.8 Å². The molecule has 4 rings (SSSR count). The zero-order valence-electron chi connectivity index (χ0n) is 16.6. The number of hydrogen-bond donors (Lipinski definition) is 2. The number of amides is 1. The number of carbonyl (C=O) groups excluding carboxylic acids is 2. The Morgan fingerprint density at radius 3 is 2.47 bits per heavy atom. The van der Waals surface area contributed by atoms with E-state index >= 15 is 0 Å². The van der Waals surface area contributed by atoms with Gasteiger partial charge in [-0.2, -0.15) is 0 Å². The first-order chi connectivity index (χ1) is 14.4. The van der Waals surface area contributed by atoms with Gasteiger partial charge in [-0.05, 0) is 54.6 Å². The van der Waals surface area contributed by atoms with E-state index in [-0.39, 0.29) is 23.6 Å². The summed E-state index contributed by atoms with van der Waals surface area (Å²) in [5.74, 6) is -1.44. The molecule has 1 amide bonds. The van der Waals surface area contributed by atoms with Crippen LogP contribution < -0.4 is 0 Å². The van der Waals surface area contributed by atoms with Gasteiger partial charge in [0, 0.05) is 10.4 Å². The highest BCUT2D eigenvalue weighted by molar-refractivity contribution is 7.09. The van der Waals surface area contributed by atoms with Crippen molar-refractivity contribution in [1.82, 2.24) is 4.90 Å². The first-order valence-corrected chi connectivity index (χ1v) is 10.4. The third-order valence-corrected chi connectivity index (χ3v) is 6.16. The number of nitrogens with zero attached hydrogens (tertiary/aromatic N) is 1. The zero-order chi connectivity index (χ0) is 21.4. The van der Waals surface area contributed by atoms with E-state index in [1.54, 1.807) is 12.1 Å². The van der Waals surface area contributed by atoms with E-state index in [1.807, 2.05) is 49.6 Å². The standard InChI is InChI=1S/C24H21NO4S/c1-14-5-6-15(2)19(12-14)22(27)20-21(16-7-9-17(26)10-8-16)25(24(29)23(20)28)13-18-4-3-11-30-18/h3-12,21,26-27H,13H2,1-2H3/b22-20+. The second-order valence-electron chi connectivity index (χ2n) is 7.42. The fraction of sp³-hybridized carbons (Fsp3) is 0.167. The number of benzene rings is 2. The van der Waals surface area contributed by atoms with Crippen LogP contribution in [-0.2, 0) is 16.1 Å². The molecule has 2 aromatic carbocycles. The van der Waals surface area contributed by atoms with Crippen LogP contribution in [0.3, 0.4) is 0 Å². The fourth-order valence-corrected chi connectivity index (χ4v) is 4.46. The Morgan fingerprint density at radius 2 is 1.80 bits per heavy atom. The van der Waals surface area contributed by atoms with Crippen LogP contribution in [0, 0.1) is 13.8 Å². The summed E-state index contributed by atoms with van der Waals surface area (Å²) < 4.78 is 0. The number of thiophene rings is 1. The Balaban J connectivity index is 1.90. The van der Waals surface area contributed by atoms with Crippen molar-refractivity contribution in [3.63, 3.8) is 0 Å². The number of aliphatic hydroxyl groups excluding tert-OH is 1. The summed E-state index contributed by atoms with van der Waals surface area (Å²) in [6.45, 7) is 4.02. The van der Waals surface area contributed by atoms with Gasteiger partial charge in [-0.3, -0.25) is 9.59 Å². The van der Waals surface area contributed by atoms with Crippen LogP contribution in [0.25, 0.3) is 5.76 Å². The van der Waals surface area contributed by atoms with Gasteiger partial charge in [0.05, 0.1) is 18.2 Å². The van der Waals surface area contributed by atoms with Crippen LogP contribution in [0.1, 0.15) is 33.2 Å². The normalized spacial score (nSPS) is 18.2. The zero-order valence-corrected chi connectivity index (χ0v) is 17.4. The van der Waals surface area contributed by atoms with Gasteiger partial charge in [0.25, 0.3) is 11.7 Å². The third-order valence-electron chi connectivity index (χ3n) is 5.30. The number of aliphatic hydroxyl groups is 1. The average Bonchev–Trinajstić information content (AvgIpc) is 3.32. The van der Waals surface area contributed by atoms with Gasteiger partial charge >= 0.3 is 0 Å². The highest BCUT2D eigenvalue weighted by Crippen LogP contribution is 2.41. The van der Waals surface area contributed by atoms with Gasteiger partial charge in [0.2, 0.25) is 0 Å². The second kappa shape index (κ2) is 7.80. The van der Waals surface area contributed by atoms with Crippen molar-refractivity contribution < 1.29 is 19.8 Å². The molecule has 1 atom stereocenters. The largest absolute Gasteiger partial charge is 0.508 e. The second-order valence-corrected chi connectivity index (χ2v) is 8.45. The van der Waals surface area contributed by atoms with Gasteiger partial charge in [-0.1, -0.05) is 35.9 Å². The molecular weight excluding hydrogens is 398 g/mol. The smallest absolute Gasteiger partial charge is 0.295 e. The summed E-state index contributed by atoms with van der Waals surface area (Å²) in [5, 5.41) is 22.8. The van der Waals surface area contributed by atoms with E-state index in [1.165, 1.54) is 28.4 Å². The average molecular weight is 420 g/mol. The number of rotatable bonds is 4. The van der Waals surface area contributed by atoms with Crippen molar-refractivity contribution in [3.05, 3.63) is 92.7 Å². The molecule has 5 nitrogen and oxygen atoms in total. The molecule has 2 heterocycles. The van der Waals surface area contributed by atoms with Crippen molar-refractivity contribution >= 4 is 28.8 Å². The Labute approximate surface area is 178 Å². The first-order valence-electron chi connectivity index (χ1n) is 9.54. The van der Waals surface area contributed by atoms with Crippen molar-refractivity contribution in [2.24, 2.45) is 0 Å². The quantitative estimate of drug-likeness (QED) is 0.365. The van der Waals surface area contributed by atoms with Crippen LogP contribution in [0.2, 0.25) is 0 Å². The molecule has 3 aromatic rings. The number of likely N-dealkylation sites (tertiary alicyclic amines) is 1. The highest BCUT2D eigenvalue weighted by Gasteiger charge is 2.46. The SMILES string of the molecule is Cc1ccc(C)c(/C(O)=C2\C(=O)C(=O)N(Cc3cccs3)C2c2ccc(O)cc2)c1. The maximum absolute atomic E-state index is 13.1. The van der Waals surface area contributed by atoms with Crippen molar-refractivity contribution in [2.75, 3.05) is 0 Å². The van der Waals surface area contributed by atoms with Crippen LogP contribution in [0.15, 0.2) is 65.6 Å². The molecule has 30 heavy (non-hydrogen) atoms. The molecule has 1 fully saturated rings. The van der Waals surface area contributed by atoms with Gasteiger partial charge in [0.1, 0.15) is 11.5 Å². The van der Waals surface area contributed by atoms with E-state index in [9.17, 15) is 19.8 Å². The summed E-state index contributed by atoms with van der Waals surface area (Å²) >= 11 is 1.50. The van der Waals surface area contributed by atoms with Gasteiger partial charge in [-0.25, -0.2) is 0 Å². The van der Waals surface area contributed by atoms with Gasteiger partial charge in [-0.15, -0.1) is 11.3 Å². The first kappa shape index (κ1) is 19.9. The van der Waals surface area contributed by atoms with Crippen molar-refractivity contribution in [1.29, 1.82) is 0 Å². The number of ketones is 1. The lowest BCUT2D eigenvalue weighted by molar-refractivity contribution is -0.140. The van der Waals surface area contributed by atoms with Crippen LogP contribution >= 0.6 is 11.3 Å². The lowest BCUT2D eigenvalue weighted by Crippen LogP contribution is -2.28. The number of phenols is 1. The number of aromatic hydroxyl groups is 1. The van der Waals surface area contributed by atoms with Crippen LogP contribution in [0.5, 0.6) is 5.75 Å². The minimum atomic E-state index is -0.743. The van der Waals surface area contributed by atoms with E-state index in [0.717, 1.165) is 16.0 Å².